The Bertz CT molecular complexity index is 3230. The van der Waals surface area contributed by atoms with Crippen LogP contribution >= 0.6 is 0 Å². The van der Waals surface area contributed by atoms with Gasteiger partial charge in [0, 0.05) is 57.9 Å². The van der Waals surface area contributed by atoms with Crippen LogP contribution in [0, 0.1) is 11.8 Å². The van der Waals surface area contributed by atoms with Gasteiger partial charge in [0.15, 0.2) is 0 Å². The SMILES string of the molecule is C.CCCCC.COc1cncc(-c2ccc(C(C)(c3ccc(-c4noc(C(C)(C)N)n4)cn3)C(C)C)cc2)c1.COc1cncc(-c2ccc(C(C)(c3ccc(-c4noc(C(C)(C)NC(=O)OC(C)(C)C)n4)cn3)C(C)C)cc2)c1. The van der Waals surface area contributed by atoms with E-state index in [4.69, 9.17) is 39.0 Å². The number of carbonyl (C=O) groups is 1. The number of nitrogens with zero attached hydrogens (tertiary/aromatic N) is 8. The third-order valence-electron chi connectivity index (χ3n) is 14.4. The van der Waals surface area contributed by atoms with E-state index in [1.165, 1.54) is 24.8 Å². The smallest absolute Gasteiger partial charge is 0.408 e. The third kappa shape index (κ3) is 15.7. The van der Waals surface area contributed by atoms with Crippen LogP contribution in [0.3, 0.4) is 0 Å². The maximum absolute atomic E-state index is 12.3. The van der Waals surface area contributed by atoms with Gasteiger partial charge in [-0.25, -0.2) is 4.79 Å². The summed E-state index contributed by atoms with van der Waals surface area (Å²) in [7, 11) is 3.28. The molecule has 0 aliphatic rings. The van der Waals surface area contributed by atoms with Gasteiger partial charge in [-0.15, -0.1) is 0 Å². The molecule has 81 heavy (non-hydrogen) atoms. The van der Waals surface area contributed by atoms with Crippen molar-refractivity contribution in [3.63, 3.8) is 0 Å². The van der Waals surface area contributed by atoms with Crippen molar-refractivity contribution in [2.45, 2.75) is 158 Å². The Morgan fingerprint density at radius 3 is 1.27 bits per heavy atom. The van der Waals surface area contributed by atoms with Crippen LogP contribution < -0.4 is 20.5 Å². The van der Waals surface area contributed by atoms with Crippen LogP contribution in [0.1, 0.15) is 165 Å². The third-order valence-corrected chi connectivity index (χ3v) is 14.4. The molecule has 0 saturated heterocycles. The van der Waals surface area contributed by atoms with Gasteiger partial charge in [-0.3, -0.25) is 19.9 Å². The van der Waals surface area contributed by atoms with Gasteiger partial charge in [-0.05, 0) is 133 Å². The van der Waals surface area contributed by atoms with Crippen LogP contribution in [0.4, 0.5) is 4.79 Å². The van der Waals surface area contributed by atoms with Crippen molar-refractivity contribution >= 4 is 6.09 Å². The average Bonchev–Trinajstić information content (AvgIpc) is 4.17. The normalized spacial score (nSPS) is 13.1. The summed E-state index contributed by atoms with van der Waals surface area (Å²) in [6, 6.07) is 29.0. The van der Waals surface area contributed by atoms with Gasteiger partial charge in [0.1, 0.15) is 22.6 Å². The number of nitrogens with two attached hydrogens (primary N) is 1. The lowest BCUT2D eigenvalue weighted by atomic mass is 9.70. The number of rotatable bonds is 17. The van der Waals surface area contributed by atoms with E-state index in [2.05, 4.69) is 139 Å². The first-order valence-corrected chi connectivity index (χ1v) is 27.4. The number of aromatic nitrogens is 8. The van der Waals surface area contributed by atoms with Crippen molar-refractivity contribution in [3.8, 4) is 56.5 Å². The number of methoxy groups -OCH3 is 2. The molecule has 2 unspecified atom stereocenters. The highest BCUT2D eigenvalue weighted by Gasteiger charge is 2.36. The number of hydrogen-bond donors (Lipinski definition) is 2. The molecule has 16 nitrogen and oxygen atoms in total. The van der Waals surface area contributed by atoms with Gasteiger partial charge in [0.05, 0.1) is 43.5 Å². The summed E-state index contributed by atoms with van der Waals surface area (Å²) in [5, 5.41) is 11.0. The highest BCUT2D eigenvalue weighted by atomic mass is 16.6. The van der Waals surface area contributed by atoms with Crippen LogP contribution in [0.25, 0.3) is 45.0 Å². The van der Waals surface area contributed by atoms with E-state index >= 15 is 0 Å². The summed E-state index contributed by atoms with van der Waals surface area (Å²) >= 11 is 0. The molecule has 3 N–H and O–H groups in total. The van der Waals surface area contributed by atoms with Crippen LogP contribution in [0.2, 0.25) is 0 Å². The van der Waals surface area contributed by atoms with Crippen LogP contribution in [0.5, 0.6) is 11.5 Å². The van der Waals surface area contributed by atoms with Crippen molar-refractivity contribution in [2.75, 3.05) is 14.2 Å². The van der Waals surface area contributed by atoms with Gasteiger partial charge in [0.25, 0.3) is 5.89 Å². The topological polar surface area (TPSA) is 212 Å². The van der Waals surface area contributed by atoms with Crippen molar-refractivity contribution in [3.05, 3.63) is 156 Å². The molecule has 2 aromatic carbocycles. The lowest BCUT2D eigenvalue weighted by Crippen LogP contribution is -2.44. The summed E-state index contributed by atoms with van der Waals surface area (Å²) in [6.45, 7) is 30.3. The quantitative estimate of drug-likeness (QED) is 0.0868. The van der Waals surface area contributed by atoms with Gasteiger partial charge >= 0.3 is 6.09 Å². The maximum Gasteiger partial charge on any atom is 0.408 e. The zero-order valence-corrected chi connectivity index (χ0v) is 49.9. The number of nitrogens with one attached hydrogen (secondary N) is 1. The molecule has 16 heteroatoms. The molecule has 1 amide bonds. The van der Waals surface area contributed by atoms with Crippen molar-refractivity contribution < 1.29 is 28.1 Å². The Morgan fingerprint density at radius 1 is 0.556 bits per heavy atom. The average molecular weight is 1100 g/mol. The van der Waals surface area contributed by atoms with E-state index < -0.39 is 22.8 Å². The van der Waals surface area contributed by atoms with E-state index in [1.54, 1.807) is 73.6 Å². The van der Waals surface area contributed by atoms with Crippen molar-refractivity contribution in [1.82, 2.24) is 45.5 Å². The van der Waals surface area contributed by atoms with E-state index in [1.807, 2.05) is 62.6 Å². The molecule has 2 atom stereocenters. The molecule has 0 saturated carbocycles. The fourth-order valence-electron chi connectivity index (χ4n) is 8.78. The molecule has 0 aliphatic carbocycles. The number of alkyl carbamates (subject to hydrolysis) is 1. The second kappa shape index (κ2) is 27.1. The fraction of sp³-hybridized carbons (Fsp3) is 0.431. The number of unbranched alkanes of at least 4 members (excludes halogenated alkanes) is 2. The van der Waals surface area contributed by atoms with Crippen LogP contribution in [-0.2, 0) is 26.6 Å². The highest BCUT2D eigenvalue weighted by molar-refractivity contribution is 5.69. The molecule has 0 radical (unpaired) electrons. The number of benzene rings is 2. The number of hydrogen-bond acceptors (Lipinski definition) is 15. The number of pyridine rings is 4. The molecule has 6 heterocycles. The minimum atomic E-state index is -0.926. The van der Waals surface area contributed by atoms with E-state index in [0.29, 0.717) is 29.0 Å². The Balaban J connectivity index is 0.000000275. The fourth-order valence-corrected chi connectivity index (χ4v) is 8.78. The Labute approximate surface area is 480 Å². The second-order valence-corrected chi connectivity index (χ2v) is 23.1. The molecule has 6 aromatic heterocycles. The van der Waals surface area contributed by atoms with Crippen LogP contribution in [0.15, 0.2) is 131 Å². The van der Waals surface area contributed by atoms with E-state index in [-0.39, 0.29) is 30.1 Å². The largest absolute Gasteiger partial charge is 0.495 e. The molecule has 8 aromatic rings. The molecule has 0 aliphatic heterocycles. The summed E-state index contributed by atoms with van der Waals surface area (Å²) in [5.41, 5.74) is 13.1. The first-order valence-electron chi connectivity index (χ1n) is 27.4. The monoisotopic (exact) mass is 1100 g/mol. The van der Waals surface area contributed by atoms with Gasteiger partial charge < -0.3 is 34.3 Å². The molecule has 0 spiro atoms. The Morgan fingerprint density at radius 2 is 0.951 bits per heavy atom. The number of carbonyl (C=O) groups excluding carboxylic acids is 1. The predicted octanol–water partition coefficient (Wildman–Crippen LogP) is 15.1. The minimum Gasteiger partial charge on any atom is -0.495 e. The lowest BCUT2D eigenvalue weighted by Gasteiger charge is -2.34. The molecule has 432 valence electrons. The Kier molecular flexibility index (Phi) is 21.4. The summed E-state index contributed by atoms with van der Waals surface area (Å²) in [6.07, 6.45) is 14.1. The number of ether oxygens (including phenoxy) is 3. The number of amides is 1. The standard InChI is InChI=1S/C32H39N5O4.C27H31N5O2.C5H12.CH4/c1-20(2)32(8,24-13-10-21(11-14-24)23-16-25(39-9)19-33-17-23)26-15-12-22(18-34-26)27-35-28(41-37-27)31(6,7)36-29(38)40-30(3,4)5;1-17(2)27(5,21-10-7-18(8-11-21)20-13-22(33-6)16-29-14-20)23-12-9-19(15-30-23)24-31-25(34-32-24)26(3,4)28;1-3-5-4-2;/h10-20H,1-9H3,(H,36,38);7-17H,28H2,1-6H3;3-5H2,1-2H3;1H4. The van der Waals surface area contributed by atoms with Crippen molar-refractivity contribution in [1.29, 1.82) is 0 Å². The summed E-state index contributed by atoms with van der Waals surface area (Å²) in [4.78, 5) is 39.5. The van der Waals surface area contributed by atoms with Crippen LogP contribution in [-0.4, -0.2) is 66.1 Å². The zero-order valence-electron chi connectivity index (χ0n) is 49.9. The van der Waals surface area contributed by atoms with Crippen molar-refractivity contribution in [2.24, 2.45) is 17.6 Å². The van der Waals surface area contributed by atoms with Gasteiger partial charge in [-0.1, -0.05) is 127 Å². The first kappa shape index (κ1) is 64.0. The maximum atomic E-state index is 12.3. The molecule has 0 fully saturated rings. The molecular weight excluding hydrogens is 1020 g/mol. The first-order chi connectivity index (χ1) is 37.8. The Hall–Kier alpha value is -7.85. The van der Waals surface area contributed by atoms with Gasteiger partial charge in [0.2, 0.25) is 17.5 Å². The summed E-state index contributed by atoms with van der Waals surface area (Å²) < 4.78 is 26.8. The predicted molar refractivity (Wildman–Crippen MR) is 322 cm³/mol. The lowest BCUT2D eigenvalue weighted by molar-refractivity contribution is 0.0451. The second-order valence-electron chi connectivity index (χ2n) is 23.1. The summed E-state index contributed by atoms with van der Waals surface area (Å²) in [5.74, 6) is 3.56. The zero-order chi connectivity index (χ0) is 58.6. The highest BCUT2D eigenvalue weighted by Crippen LogP contribution is 2.41. The minimum absolute atomic E-state index is 0. The molecule has 0 bridgehead atoms. The molecular formula is C65H86N10O6. The van der Waals surface area contributed by atoms with E-state index in [0.717, 1.165) is 56.3 Å². The van der Waals surface area contributed by atoms with E-state index in [9.17, 15) is 4.79 Å². The van der Waals surface area contributed by atoms with Gasteiger partial charge in [-0.2, -0.15) is 9.97 Å². The molecule has 8 rings (SSSR count).